The first kappa shape index (κ1) is 11.9. The van der Waals surface area contributed by atoms with Crippen molar-refractivity contribution < 1.29 is 28.3 Å². The fourth-order valence-corrected chi connectivity index (χ4v) is 1.02. The Bertz CT molecular complexity index is 322. The van der Waals surface area contributed by atoms with Crippen molar-refractivity contribution in [3.63, 3.8) is 0 Å². The highest BCUT2D eigenvalue weighted by atomic mass is 19.1. The summed E-state index contributed by atoms with van der Waals surface area (Å²) in [6, 6.07) is 1.69. The van der Waals surface area contributed by atoms with Crippen LogP contribution in [0.2, 0.25) is 0 Å². The molecule has 0 atom stereocenters. The molecule has 0 aromatic heterocycles. The van der Waals surface area contributed by atoms with Crippen LogP contribution in [-0.2, 0) is 4.74 Å². The van der Waals surface area contributed by atoms with E-state index in [-0.39, 0.29) is 12.5 Å². The lowest BCUT2D eigenvalue weighted by atomic mass is 9.79. The van der Waals surface area contributed by atoms with Gasteiger partial charge in [-0.25, -0.2) is 8.78 Å². The minimum atomic E-state index is -2.19. The van der Waals surface area contributed by atoms with E-state index in [2.05, 4.69) is 4.74 Å². The zero-order valence-electron chi connectivity index (χ0n) is 7.91. The molecule has 0 saturated heterocycles. The minimum Gasteiger partial charge on any atom is -0.467 e. The van der Waals surface area contributed by atoms with Gasteiger partial charge >= 0.3 is 7.12 Å². The monoisotopic (exact) mass is 218 g/mol. The van der Waals surface area contributed by atoms with Crippen LogP contribution >= 0.6 is 0 Å². The zero-order valence-corrected chi connectivity index (χ0v) is 7.91. The fraction of sp³-hybridized carbons (Fsp3) is 0.250. The molecule has 0 bridgehead atoms. The lowest BCUT2D eigenvalue weighted by molar-refractivity contribution is 0.0507. The number of rotatable bonds is 4. The van der Waals surface area contributed by atoms with Crippen LogP contribution in [0.4, 0.5) is 8.78 Å². The van der Waals surface area contributed by atoms with Crippen molar-refractivity contribution >= 4 is 12.6 Å². The van der Waals surface area contributed by atoms with Crippen LogP contribution in [0, 0.1) is 11.6 Å². The van der Waals surface area contributed by atoms with Crippen molar-refractivity contribution in [3.05, 3.63) is 23.8 Å². The number of halogens is 2. The molecule has 0 radical (unpaired) electrons. The first-order valence-corrected chi connectivity index (χ1v) is 4.03. The third-order valence-electron chi connectivity index (χ3n) is 1.65. The molecule has 0 spiro atoms. The lowest BCUT2D eigenvalue weighted by Crippen LogP contribution is -2.35. The maximum Gasteiger partial charge on any atom is 0.494 e. The van der Waals surface area contributed by atoms with Gasteiger partial charge in [-0.3, -0.25) is 0 Å². The number of hydrogen-bond donors (Lipinski definition) is 2. The summed E-state index contributed by atoms with van der Waals surface area (Å²) in [5, 5.41) is 17.3. The van der Waals surface area contributed by atoms with Crippen molar-refractivity contribution in [2.75, 3.05) is 13.9 Å². The van der Waals surface area contributed by atoms with Crippen molar-refractivity contribution in [1.29, 1.82) is 0 Å². The maximum atomic E-state index is 13.1. The Morgan fingerprint density at radius 1 is 1.27 bits per heavy atom. The summed E-state index contributed by atoms with van der Waals surface area (Å²) >= 11 is 0. The Morgan fingerprint density at radius 3 is 2.20 bits per heavy atom. The van der Waals surface area contributed by atoms with Crippen molar-refractivity contribution in [1.82, 2.24) is 0 Å². The SMILES string of the molecule is COCOc1cc(F)c(B(O)O)c(F)c1. The van der Waals surface area contributed by atoms with Gasteiger partial charge in [0.25, 0.3) is 0 Å². The number of methoxy groups -OCH3 is 1. The molecule has 7 heteroatoms. The maximum absolute atomic E-state index is 13.1. The van der Waals surface area contributed by atoms with E-state index in [0.717, 1.165) is 12.1 Å². The van der Waals surface area contributed by atoms with E-state index < -0.39 is 24.2 Å². The van der Waals surface area contributed by atoms with Crippen LogP contribution in [0.25, 0.3) is 0 Å². The molecule has 0 aliphatic rings. The van der Waals surface area contributed by atoms with Crippen molar-refractivity contribution in [2.24, 2.45) is 0 Å². The summed E-state index contributed by atoms with van der Waals surface area (Å²) in [5.74, 6) is -2.26. The van der Waals surface area contributed by atoms with E-state index in [0.29, 0.717) is 0 Å². The largest absolute Gasteiger partial charge is 0.494 e. The van der Waals surface area contributed by atoms with E-state index in [4.69, 9.17) is 14.8 Å². The highest BCUT2D eigenvalue weighted by molar-refractivity contribution is 6.58. The average Bonchev–Trinajstić information content (AvgIpc) is 2.12. The lowest BCUT2D eigenvalue weighted by Gasteiger charge is -2.08. The highest BCUT2D eigenvalue weighted by Crippen LogP contribution is 2.14. The predicted octanol–water partition coefficient (Wildman–Crippen LogP) is -0.373. The fourth-order valence-electron chi connectivity index (χ4n) is 1.02. The molecule has 0 unspecified atom stereocenters. The highest BCUT2D eigenvalue weighted by Gasteiger charge is 2.22. The molecule has 1 aromatic rings. The second kappa shape index (κ2) is 5.06. The average molecular weight is 218 g/mol. The van der Waals surface area contributed by atoms with Crippen LogP contribution in [0.3, 0.4) is 0 Å². The molecule has 1 aromatic carbocycles. The van der Waals surface area contributed by atoms with E-state index in [1.54, 1.807) is 0 Å². The molecule has 82 valence electrons. The molecule has 0 saturated carbocycles. The van der Waals surface area contributed by atoms with Gasteiger partial charge < -0.3 is 19.5 Å². The molecule has 0 aliphatic heterocycles. The van der Waals surface area contributed by atoms with Gasteiger partial charge in [0.2, 0.25) is 0 Å². The predicted molar refractivity (Wildman–Crippen MR) is 48.7 cm³/mol. The van der Waals surface area contributed by atoms with Gasteiger partial charge in [-0.2, -0.15) is 0 Å². The van der Waals surface area contributed by atoms with Crippen molar-refractivity contribution in [3.8, 4) is 5.75 Å². The molecule has 0 heterocycles. The molecule has 0 amide bonds. The summed E-state index contributed by atoms with van der Waals surface area (Å²) in [7, 11) is -0.833. The molecule has 0 fully saturated rings. The van der Waals surface area contributed by atoms with Gasteiger partial charge in [0.05, 0.1) is 5.46 Å². The summed E-state index contributed by atoms with van der Waals surface area (Å²) in [4.78, 5) is 0. The smallest absolute Gasteiger partial charge is 0.467 e. The number of ether oxygens (including phenoxy) is 2. The van der Waals surface area contributed by atoms with E-state index in [9.17, 15) is 8.78 Å². The standard InChI is InChI=1S/C8H9BF2O4/c1-14-4-15-5-2-6(10)8(9(12)13)7(11)3-5/h2-3,12-13H,4H2,1H3. The van der Waals surface area contributed by atoms with Crippen LogP contribution in [0.1, 0.15) is 0 Å². The molecular weight excluding hydrogens is 209 g/mol. The first-order valence-electron chi connectivity index (χ1n) is 4.03. The second-order valence-electron chi connectivity index (χ2n) is 2.73. The third-order valence-corrected chi connectivity index (χ3v) is 1.65. The van der Waals surface area contributed by atoms with Gasteiger partial charge in [0, 0.05) is 19.2 Å². The normalized spacial score (nSPS) is 10.2. The molecule has 0 aliphatic carbocycles. The summed E-state index contributed by atoms with van der Waals surface area (Å²) in [5.41, 5.74) is -0.806. The van der Waals surface area contributed by atoms with Crippen LogP contribution in [0.5, 0.6) is 5.75 Å². The van der Waals surface area contributed by atoms with Crippen LogP contribution < -0.4 is 10.2 Å². The number of benzene rings is 1. The number of hydrogen-bond acceptors (Lipinski definition) is 4. The Hall–Kier alpha value is -1.18. The van der Waals surface area contributed by atoms with Gasteiger partial charge in [0.1, 0.15) is 17.4 Å². The minimum absolute atomic E-state index is 0.0868. The van der Waals surface area contributed by atoms with Crippen LogP contribution in [-0.4, -0.2) is 31.1 Å². The van der Waals surface area contributed by atoms with Gasteiger partial charge in [0.15, 0.2) is 6.79 Å². The third kappa shape index (κ3) is 2.88. The molecule has 1 rings (SSSR count). The van der Waals surface area contributed by atoms with E-state index in [1.807, 2.05) is 0 Å². The quantitative estimate of drug-likeness (QED) is 0.534. The van der Waals surface area contributed by atoms with Gasteiger partial charge in [-0.15, -0.1) is 0 Å². The molecule has 15 heavy (non-hydrogen) atoms. The Labute approximate surface area is 85.2 Å². The zero-order chi connectivity index (χ0) is 11.4. The Kier molecular flexibility index (Phi) is 4.01. The summed E-state index contributed by atoms with van der Waals surface area (Å²) in [6.45, 7) is -0.153. The first-order chi connectivity index (χ1) is 7.06. The Morgan fingerprint density at radius 2 is 1.80 bits per heavy atom. The topological polar surface area (TPSA) is 58.9 Å². The molecular formula is C8H9BF2O4. The van der Waals surface area contributed by atoms with E-state index in [1.165, 1.54) is 7.11 Å². The van der Waals surface area contributed by atoms with Crippen LogP contribution in [0.15, 0.2) is 12.1 Å². The Balaban J connectivity index is 2.97. The van der Waals surface area contributed by atoms with E-state index >= 15 is 0 Å². The second-order valence-corrected chi connectivity index (χ2v) is 2.73. The van der Waals surface area contributed by atoms with Crippen molar-refractivity contribution in [2.45, 2.75) is 0 Å². The van der Waals surface area contributed by atoms with Gasteiger partial charge in [-0.1, -0.05) is 0 Å². The summed E-state index contributed by atoms with van der Waals surface area (Å²) < 4.78 is 35.5. The van der Waals surface area contributed by atoms with Gasteiger partial charge in [-0.05, 0) is 0 Å². The molecule has 4 nitrogen and oxygen atoms in total. The summed E-state index contributed by atoms with van der Waals surface area (Å²) in [6.07, 6.45) is 0. The molecule has 2 N–H and O–H groups in total.